The first-order chi connectivity index (χ1) is 8.65. The van der Waals surface area contributed by atoms with E-state index in [1.807, 2.05) is 22.2 Å². The lowest BCUT2D eigenvalue weighted by atomic mass is 9.90. The monoisotopic (exact) mass is 265 g/mol. The van der Waals surface area contributed by atoms with E-state index in [9.17, 15) is 5.11 Å². The molecule has 0 radical (unpaired) electrons. The Balaban J connectivity index is 1.76. The number of nitrogens with zero attached hydrogens (tertiary/aromatic N) is 3. The summed E-state index contributed by atoms with van der Waals surface area (Å²) in [5, 5.41) is 12.7. The molecule has 1 saturated heterocycles. The predicted molar refractivity (Wildman–Crippen MR) is 73.1 cm³/mol. The van der Waals surface area contributed by atoms with Crippen molar-refractivity contribution in [2.24, 2.45) is 0 Å². The third kappa shape index (κ3) is 2.43. The maximum atomic E-state index is 10.7. The molecule has 1 N–H and O–H groups in total. The molecule has 0 amide bonds. The molecule has 0 spiro atoms. The summed E-state index contributed by atoms with van der Waals surface area (Å²) in [6.07, 6.45) is 7.52. The Morgan fingerprint density at radius 3 is 3.17 bits per heavy atom. The van der Waals surface area contributed by atoms with E-state index < -0.39 is 5.60 Å². The van der Waals surface area contributed by atoms with E-state index >= 15 is 0 Å². The van der Waals surface area contributed by atoms with Gasteiger partial charge in [0, 0.05) is 30.7 Å². The fraction of sp³-hybridized carbons (Fsp3) is 0.615. The van der Waals surface area contributed by atoms with Crippen molar-refractivity contribution in [1.29, 1.82) is 0 Å². The third-order valence-corrected chi connectivity index (χ3v) is 4.56. The number of imidazole rings is 1. The number of aliphatic hydroxyl groups is 1. The van der Waals surface area contributed by atoms with Gasteiger partial charge in [-0.15, -0.1) is 11.3 Å². The Morgan fingerprint density at radius 1 is 1.44 bits per heavy atom. The largest absolute Gasteiger partial charge is 0.389 e. The minimum absolute atomic E-state index is 0.575. The lowest BCUT2D eigenvalue weighted by molar-refractivity contribution is 0.0255. The lowest BCUT2D eigenvalue weighted by Crippen LogP contribution is -2.32. The van der Waals surface area contributed by atoms with E-state index in [0.717, 1.165) is 43.0 Å². The van der Waals surface area contributed by atoms with Crippen LogP contribution >= 0.6 is 11.3 Å². The minimum Gasteiger partial charge on any atom is -0.389 e. The first-order valence-corrected chi connectivity index (χ1v) is 7.35. The molecule has 1 aliphatic rings. The Bertz CT molecular complexity index is 507. The van der Waals surface area contributed by atoms with Gasteiger partial charge < -0.3 is 10.0 Å². The molecule has 0 aliphatic carbocycles. The summed E-state index contributed by atoms with van der Waals surface area (Å²) in [5.41, 5.74) is 0.434. The highest BCUT2D eigenvalue weighted by molar-refractivity contribution is 7.15. The number of thiazole rings is 1. The van der Waals surface area contributed by atoms with Crippen molar-refractivity contribution < 1.29 is 5.11 Å². The smallest absolute Gasteiger partial charge is 0.193 e. The Labute approximate surface area is 111 Å². The number of hydrogen-bond acceptors (Lipinski definition) is 4. The van der Waals surface area contributed by atoms with Gasteiger partial charge in [0.2, 0.25) is 0 Å². The summed E-state index contributed by atoms with van der Waals surface area (Å²) < 4.78 is 2.03. The SMILES string of the molecule is CN1CCCC(O)(Cc2cn3ccsc3n2)CC1. The van der Waals surface area contributed by atoms with Crippen molar-refractivity contribution in [2.75, 3.05) is 20.1 Å². The number of aromatic nitrogens is 2. The summed E-state index contributed by atoms with van der Waals surface area (Å²) in [4.78, 5) is 7.88. The first kappa shape index (κ1) is 12.1. The van der Waals surface area contributed by atoms with Crippen LogP contribution in [0.25, 0.3) is 4.96 Å². The second-order valence-electron chi connectivity index (χ2n) is 5.38. The molecule has 3 rings (SSSR count). The average Bonchev–Trinajstić information content (AvgIpc) is 2.82. The van der Waals surface area contributed by atoms with Gasteiger partial charge in [-0.25, -0.2) is 4.98 Å². The first-order valence-electron chi connectivity index (χ1n) is 6.47. The van der Waals surface area contributed by atoms with Crippen LogP contribution < -0.4 is 0 Å². The van der Waals surface area contributed by atoms with Crippen molar-refractivity contribution in [3.63, 3.8) is 0 Å². The number of fused-ring (bicyclic) bond motifs is 1. The molecule has 0 saturated carbocycles. The van der Waals surface area contributed by atoms with E-state index in [2.05, 4.69) is 16.9 Å². The van der Waals surface area contributed by atoms with Gasteiger partial charge in [0.15, 0.2) is 4.96 Å². The molecule has 1 unspecified atom stereocenters. The molecule has 18 heavy (non-hydrogen) atoms. The van der Waals surface area contributed by atoms with Crippen LogP contribution in [0.3, 0.4) is 0 Å². The minimum atomic E-state index is -0.575. The molecule has 0 aromatic carbocycles. The molecule has 2 aromatic rings. The van der Waals surface area contributed by atoms with Crippen LogP contribution in [0.4, 0.5) is 0 Å². The molecule has 98 valence electrons. The molecule has 3 heterocycles. The summed E-state index contributed by atoms with van der Waals surface area (Å²) >= 11 is 1.64. The maximum absolute atomic E-state index is 10.7. The van der Waals surface area contributed by atoms with Crippen molar-refractivity contribution in [1.82, 2.24) is 14.3 Å². The van der Waals surface area contributed by atoms with Crippen molar-refractivity contribution in [2.45, 2.75) is 31.3 Å². The molecule has 1 fully saturated rings. The fourth-order valence-corrected chi connectivity index (χ4v) is 3.41. The highest BCUT2D eigenvalue weighted by atomic mass is 32.1. The highest BCUT2D eigenvalue weighted by Crippen LogP contribution is 2.26. The van der Waals surface area contributed by atoms with Crippen LogP contribution in [-0.4, -0.2) is 45.1 Å². The normalized spacial score (nSPS) is 26.6. The van der Waals surface area contributed by atoms with Gasteiger partial charge in [0.1, 0.15) is 0 Å². The molecule has 5 heteroatoms. The number of rotatable bonds is 2. The standard InChI is InChI=1S/C13H19N3OS/c1-15-5-2-3-13(17,4-6-15)9-11-10-16-7-8-18-12(16)14-11/h7-8,10,17H,2-6,9H2,1H3. The van der Waals surface area contributed by atoms with Gasteiger partial charge in [-0.05, 0) is 32.9 Å². The quantitative estimate of drug-likeness (QED) is 0.900. The van der Waals surface area contributed by atoms with Crippen LogP contribution in [-0.2, 0) is 6.42 Å². The van der Waals surface area contributed by atoms with E-state index in [-0.39, 0.29) is 0 Å². The van der Waals surface area contributed by atoms with E-state index in [1.54, 1.807) is 11.3 Å². The van der Waals surface area contributed by atoms with Gasteiger partial charge in [-0.1, -0.05) is 0 Å². The second kappa shape index (κ2) is 4.64. The highest BCUT2D eigenvalue weighted by Gasteiger charge is 2.30. The van der Waals surface area contributed by atoms with E-state index in [4.69, 9.17) is 0 Å². The summed E-state index contributed by atoms with van der Waals surface area (Å²) in [6.45, 7) is 2.05. The molecule has 1 atom stereocenters. The van der Waals surface area contributed by atoms with Gasteiger partial charge in [0.05, 0.1) is 11.3 Å². The number of hydrogen-bond donors (Lipinski definition) is 1. The van der Waals surface area contributed by atoms with Crippen LogP contribution in [0.1, 0.15) is 25.0 Å². The summed E-state index contributed by atoms with van der Waals surface area (Å²) in [5.74, 6) is 0. The van der Waals surface area contributed by atoms with Crippen LogP contribution in [0.15, 0.2) is 17.8 Å². The molecule has 0 bridgehead atoms. The zero-order chi connectivity index (χ0) is 12.6. The molecular weight excluding hydrogens is 246 g/mol. The molecule has 1 aliphatic heterocycles. The predicted octanol–water partition coefficient (Wildman–Crippen LogP) is 1.79. The summed E-state index contributed by atoms with van der Waals surface area (Å²) in [7, 11) is 2.12. The van der Waals surface area contributed by atoms with Crippen molar-refractivity contribution in [3.05, 3.63) is 23.5 Å². The van der Waals surface area contributed by atoms with Gasteiger partial charge in [-0.2, -0.15) is 0 Å². The summed E-state index contributed by atoms with van der Waals surface area (Å²) in [6, 6.07) is 0. The van der Waals surface area contributed by atoms with Crippen LogP contribution in [0.2, 0.25) is 0 Å². The van der Waals surface area contributed by atoms with Gasteiger partial charge >= 0.3 is 0 Å². The molecular formula is C13H19N3OS. The second-order valence-corrected chi connectivity index (χ2v) is 6.26. The van der Waals surface area contributed by atoms with Crippen LogP contribution in [0, 0.1) is 0 Å². The topological polar surface area (TPSA) is 40.8 Å². The van der Waals surface area contributed by atoms with Gasteiger partial charge in [-0.3, -0.25) is 4.40 Å². The van der Waals surface area contributed by atoms with Gasteiger partial charge in [0.25, 0.3) is 0 Å². The Hall–Kier alpha value is -0.910. The average molecular weight is 265 g/mol. The van der Waals surface area contributed by atoms with E-state index in [1.165, 1.54) is 0 Å². The van der Waals surface area contributed by atoms with Crippen molar-refractivity contribution >= 4 is 16.3 Å². The lowest BCUT2D eigenvalue weighted by Gasteiger charge is -2.25. The third-order valence-electron chi connectivity index (χ3n) is 3.79. The zero-order valence-electron chi connectivity index (χ0n) is 10.7. The number of likely N-dealkylation sites (tertiary alicyclic amines) is 1. The Morgan fingerprint density at radius 2 is 2.33 bits per heavy atom. The Kier molecular flexibility index (Phi) is 3.13. The maximum Gasteiger partial charge on any atom is 0.193 e. The zero-order valence-corrected chi connectivity index (χ0v) is 11.5. The fourth-order valence-electron chi connectivity index (χ4n) is 2.69. The molecule has 2 aromatic heterocycles. The van der Waals surface area contributed by atoms with Crippen LogP contribution in [0.5, 0.6) is 0 Å². The van der Waals surface area contributed by atoms with E-state index in [0.29, 0.717) is 6.42 Å². The molecule has 4 nitrogen and oxygen atoms in total. The van der Waals surface area contributed by atoms with Crippen molar-refractivity contribution in [3.8, 4) is 0 Å².